The molecule has 3 rings (SSSR count). The second-order valence-electron chi connectivity index (χ2n) is 6.79. The fraction of sp³-hybridized carbons (Fsp3) is 0.300. The van der Waals surface area contributed by atoms with Gasteiger partial charge in [0, 0.05) is 13.1 Å². The van der Waals surface area contributed by atoms with E-state index in [2.05, 4.69) is 10.6 Å². The first kappa shape index (κ1) is 22.7. The number of benzene rings is 2. The van der Waals surface area contributed by atoms with E-state index in [9.17, 15) is 18.0 Å². The number of amides is 1. The Bertz CT molecular complexity index is 963. The first-order valence-electron chi connectivity index (χ1n) is 9.19. The molecule has 0 radical (unpaired) electrons. The van der Waals surface area contributed by atoms with Crippen LogP contribution in [0.25, 0.3) is 0 Å². The van der Waals surface area contributed by atoms with Gasteiger partial charge in [-0.2, -0.15) is 13.2 Å². The number of nitrogens with zero attached hydrogens (tertiary/aromatic N) is 1. The van der Waals surface area contributed by atoms with Crippen molar-refractivity contribution < 1.29 is 18.0 Å². The molecule has 1 aliphatic heterocycles. The zero-order valence-electron chi connectivity index (χ0n) is 15.7. The number of nitrogens with one attached hydrogen (secondary N) is 2. The molecule has 30 heavy (non-hydrogen) atoms. The molecular formula is C20H18Cl2F3N3OS. The predicted octanol–water partition coefficient (Wildman–Crippen LogP) is 6.13. The fourth-order valence-corrected chi connectivity index (χ4v) is 3.82. The zero-order valence-corrected chi connectivity index (χ0v) is 18.0. The monoisotopic (exact) mass is 475 g/mol. The minimum Gasteiger partial charge on any atom is -0.370 e. The number of hydrogen-bond donors (Lipinski definition) is 2. The minimum absolute atomic E-state index is 0.0625. The van der Waals surface area contributed by atoms with Crippen molar-refractivity contribution in [2.45, 2.75) is 25.4 Å². The Kier molecular flexibility index (Phi) is 7.10. The van der Waals surface area contributed by atoms with Crippen molar-refractivity contribution in [1.29, 1.82) is 0 Å². The van der Waals surface area contributed by atoms with E-state index in [1.165, 1.54) is 18.2 Å². The molecule has 160 valence electrons. The molecule has 0 spiro atoms. The van der Waals surface area contributed by atoms with E-state index in [0.717, 1.165) is 44.5 Å². The van der Waals surface area contributed by atoms with E-state index in [0.29, 0.717) is 5.69 Å². The summed E-state index contributed by atoms with van der Waals surface area (Å²) in [5.41, 5.74) is 0.0701. The molecular weight excluding hydrogens is 458 g/mol. The molecule has 4 nitrogen and oxygen atoms in total. The molecule has 2 N–H and O–H groups in total. The summed E-state index contributed by atoms with van der Waals surface area (Å²) in [4.78, 5) is 14.5. The van der Waals surface area contributed by atoms with Crippen LogP contribution in [0.1, 0.15) is 35.2 Å². The molecule has 1 saturated heterocycles. The van der Waals surface area contributed by atoms with E-state index < -0.39 is 17.6 Å². The van der Waals surface area contributed by atoms with Crippen molar-refractivity contribution in [3.8, 4) is 0 Å². The third-order valence-electron chi connectivity index (χ3n) is 4.69. The van der Waals surface area contributed by atoms with Gasteiger partial charge < -0.3 is 10.2 Å². The summed E-state index contributed by atoms with van der Waals surface area (Å²) in [5, 5.41) is 5.30. The van der Waals surface area contributed by atoms with Crippen LogP contribution >= 0.6 is 35.4 Å². The van der Waals surface area contributed by atoms with Crippen LogP contribution in [0, 0.1) is 0 Å². The number of piperidine rings is 1. The van der Waals surface area contributed by atoms with Crippen molar-refractivity contribution in [3.63, 3.8) is 0 Å². The molecule has 0 atom stereocenters. The maximum absolute atomic E-state index is 13.2. The summed E-state index contributed by atoms with van der Waals surface area (Å²) in [6, 6.07) is 8.02. The number of carbonyl (C=O) groups is 1. The fourth-order valence-electron chi connectivity index (χ4n) is 3.23. The highest BCUT2D eigenvalue weighted by Gasteiger charge is 2.31. The van der Waals surface area contributed by atoms with Crippen LogP contribution < -0.4 is 15.5 Å². The average molecular weight is 476 g/mol. The average Bonchev–Trinajstić information content (AvgIpc) is 2.69. The Morgan fingerprint density at radius 2 is 1.77 bits per heavy atom. The van der Waals surface area contributed by atoms with Crippen molar-refractivity contribution in [2.24, 2.45) is 0 Å². The van der Waals surface area contributed by atoms with E-state index in [1.807, 2.05) is 4.90 Å². The molecule has 0 saturated carbocycles. The molecule has 1 amide bonds. The van der Waals surface area contributed by atoms with Gasteiger partial charge in [0.2, 0.25) is 0 Å². The SMILES string of the molecule is O=C(NC(=S)Nc1cc(C(F)(F)F)ccc1N1CCCCC1)c1cccc(Cl)c1Cl. The predicted molar refractivity (Wildman–Crippen MR) is 118 cm³/mol. The van der Waals surface area contributed by atoms with Gasteiger partial charge in [-0.1, -0.05) is 29.3 Å². The second kappa shape index (κ2) is 9.41. The quantitative estimate of drug-likeness (QED) is 0.524. The number of rotatable bonds is 3. The summed E-state index contributed by atoms with van der Waals surface area (Å²) in [7, 11) is 0. The Morgan fingerprint density at radius 1 is 1.07 bits per heavy atom. The first-order chi connectivity index (χ1) is 14.2. The molecule has 1 fully saturated rings. The van der Waals surface area contributed by atoms with Crippen molar-refractivity contribution in [1.82, 2.24) is 5.32 Å². The topological polar surface area (TPSA) is 44.4 Å². The van der Waals surface area contributed by atoms with Gasteiger partial charge in [0.25, 0.3) is 5.91 Å². The van der Waals surface area contributed by atoms with Gasteiger partial charge in [0.1, 0.15) is 0 Å². The Labute approximate surface area is 187 Å². The van der Waals surface area contributed by atoms with Crippen LogP contribution in [0.4, 0.5) is 24.5 Å². The maximum atomic E-state index is 13.2. The van der Waals surface area contributed by atoms with Crippen molar-refractivity contribution >= 4 is 57.8 Å². The number of thiocarbonyl (C=S) groups is 1. The maximum Gasteiger partial charge on any atom is 0.416 e. The Morgan fingerprint density at radius 3 is 2.43 bits per heavy atom. The van der Waals surface area contributed by atoms with Gasteiger partial charge in [-0.25, -0.2) is 0 Å². The summed E-state index contributed by atoms with van der Waals surface area (Å²) in [6.07, 6.45) is -1.52. The molecule has 1 heterocycles. The molecule has 2 aromatic rings. The summed E-state index contributed by atoms with van der Waals surface area (Å²) in [6.45, 7) is 1.47. The van der Waals surface area contributed by atoms with E-state index in [1.54, 1.807) is 6.07 Å². The lowest BCUT2D eigenvalue weighted by Crippen LogP contribution is -2.36. The largest absolute Gasteiger partial charge is 0.416 e. The van der Waals surface area contributed by atoms with Crippen LogP contribution in [0.3, 0.4) is 0 Å². The summed E-state index contributed by atoms with van der Waals surface area (Å²) >= 11 is 17.1. The number of alkyl halides is 3. The van der Waals surface area contributed by atoms with Gasteiger partial charge in [-0.05, 0) is 61.8 Å². The lowest BCUT2D eigenvalue weighted by Gasteiger charge is -2.31. The van der Waals surface area contributed by atoms with Crippen LogP contribution in [-0.4, -0.2) is 24.1 Å². The first-order valence-corrected chi connectivity index (χ1v) is 10.4. The van der Waals surface area contributed by atoms with E-state index in [4.69, 9.17) is 35.4 Å². The molecule has 0 aliphatic carbocycles. The molecule has 0 unspecified atom stereocenters. The summed E-state index contributed by atoms with van der Waals surface area (Å²) in [5.74, 6) is -0.619. The van der Waals surface area contributed by atoms with Crippen molar-refractivity contribution in [3.05, 3.63) is 57.6 Å². The lowest BCUT2D eigenvalue weighted by atomic mass is 10.1. The smallest absolute Gasteiger partial charge is 0.370 e. The normalized spacial score (nSPS) is 14.4. The number of halogens is 5. The Hall–Kier alpha value is -2.03. The third-order valence-corrected chi connectivity index (χ3v) is 5.72. The zero-order chi connectivity index (χ0) is 21.9. The summed E-state index contributed by atoms with van der Waals surface area (Å²) < 4.78 is 39.7. The third kappa shape index (κ3) is 5.36. The minimum atomic E-state index is -4.50. The van der Waals surface area contributed by atoms with Crippen LogP contribution in [0.15, 0.2) is 36.4 Å². The molecule has 0 aromatic heterocycles. The Balaban J connectivity index is 1.83. The number of carbonyl (C=O) groups excluding carboxylic acids is 1. The highest BCUT2D eigenvalue weighted by Crippen LogP contribution is 2.36. The molecule has 1 aliphatic rings. The van der Waals surface area contributed by atoms with Gasteiger partial charge in [-0.3, -0.25) is 10.1 Å². The van der Waals surface area contributed by atoms with Crippen LogP contribution in [0.2, 0.25) is 10.0 Å². The highest BCUT2D eigenvalue weighted by atomic mass is 35.5. The molecule has 2 aromatic carbocycles. The van der Waals surface area contributed by atoms with Gasteiger partial charge in [0.15, 0.2) is 5.11 Å². The van der Waals surface area contributed by atoms with Crippen molar-refractivity contribution in [2.75, 3.05) is 23.3 Å². The second-order valence-corrected chi connectivity index (χ2v) is 7.98. The molecule has 10 heteroatoms. The van der Waals surface area contributed by atoms with Crippen LogP contribution in [0.5, 0.6) is 0 Å². The van der Waals surface area contributed by atoms with Gasteiger partial charge >= 0.3 is 6.18 Å². The highest BCUT2D eigenvalue weighted by molar-refractivity contribution is 7.80. The molecule has 0 bridgehead atoms. The van der Waals surface area contributed by atoms with Crippen LogP contribution in [-0.2, 0) is 6.18 Å². The number of hydrogen-bond acceptors (Lipinski definition) is 3. The van der Waals surface area contributed by atoms with Gasteiger partial charge in [-0.15, -0.1) is 0 Å². The number of anilines is 2. The standard InChI is InChI=1S/C20H18Cl2F3N3OS/c21-14-6-4-5-13(17(14)22)18(29)27-19(30)26-15-11-12(20(23,24)25)7-8-16(15)28-9-2-1-3-10-28/h4-8,11H,1-3,9-10H2,(H2,26,27,29,30). The van der Waals surface area contributed by atoms with E-state index in [-0.39, 0.29) is 26.4 Å². The lowest BCUT2D eigenvalue weighted by molar-refractivity contribution is -0.137. The van der Waals surface area contributed by atoms with Gasteiger partial charge in [0.05, 0.1) is 32.5 Å². The van der Waals surface area contributed by atoms with E-state index >= 15 is 0 Å².